The lowest BCUT2D eigenvalue weighted by atomic mass is 10.0. The zero-order chi connectivity index (χ0) is 19.9. The lowest BCUT2D eigenvalue weighted by molar-refractivity contribution is -0.139. The van der Waals surface area contributed by atoms with Crippen LogP contribution in [0.3, 0.4) is 0 Å². The van der Waals surface area contributed by atoms with E-state index >= 15 is 0 Å². The van der Waals surface area contributed by atoms with Crippen molar-refractivity contribution in [2.45, 2.75) is 36.6 Å². The van der Waals surface area contributed by atoms with Crippen LogP contribution in [0.25, 0.3) is 0 Å². The number of benzene rings is 1. The quantitative estimate of drug-likeness (QED) is 0.533. The summed E-state index contributed by atoms with van der Waals surface area (Å²) in [7, 11) is -3.74. The van der Waals surface area contributed by atoms with Gasteiger partial charge in [0.15, 0.2) is 0 Å². The van der Waals surface area contributed by atoms with E-state index in [1.54, 1.807) is 0 Å². The maximum Gasteiger partial charge on any atom is 0.309 e. The number of rotatable bonds is 7. The van der Waals surface area contributed by atoms with E-state index in [2.05, 4.69) is 17.2 Å². The molecule has 9 heteroatoms. The Bertz CT molecular complexity index is 780. The summed E-state index contributed by atoms with van der Waals surface area (Å²) >= 11 is 0. The molecule has 2 rings (SSSR count). The Morgan fingerprint density at radius 3 is 2.52 bits per heavy atom. The fraction of sp³-hybridized carbons (Fsp3) is 0.444. The van der Waals surface area contributed by atoms with E-state index in [9.17, 15) is 22.4 Å². The molecule has 0 saturated carbocycles. The molecule has 1 aromatic carbocycles. The number of hydrogen-bond donors (Lipinski definition) is 2. The number of halogens is 1. The van der Waals surface area contributed by atoms with Gasteiger partial charge in [0.1, 0.15) is 5.82 Å². The second kappa shape index (κ2) is 9.61. The molecule has 7 nitrogen and oxygen atoms in total. The summed E-state index contributed by atoms with van der Waals surface area (Å²) in [5.41, 5.74) is 0. The Labute approximate surface area is 158 Å². The van der Waals surface area contributed by atoms with Crippen LogP contribution in [0, 0.1) is 5.82 Å². The highest BCUT2D eigenvalue weighted by Gasteiger charge is 2.33. The van der Waals surface area contributed by atoms with Gasteiger partial charge in [-0.25, -0.2) is 12.8 Å². The first-order valence-corrected chi connectivity index (χ1v) is 10.2. The molecule has 2 amide bonds. The van der Waals surface area contributed by atoms with Gasteiger partial charge in [0.05, 0.1) is 4.90 Å². The highest BCUT2D eigenvalue weighted by molar-refractivity contribution is 7.89. The van der Waals surface area contributed by atoms with E-state index in [4.69, 9.17) is 0 Å². The molecule has 0 radical (unpaired) electrons. The van der Waals surface area contributed by atoms with Gasteiger partial charge >= 0.3 is 11.8 Å². The van der Waals surface area contributed by atoms with Crippen LogP contribution in [0.4, 0.5) is 4.39 Å². The van der Waals surface area contributed by atoms with Gasteiger partial charge in [-0.1, -0.05) is 12.5 Å². The Hall–Kier alpha value is -2.26. The zero-order valence-electron chi connectivity index (χ0n) is 15.0. The van der Waals surface area contributed by atoms with Crippen LogP contribution >= 0.6 is 0 Å². The first-order valence-electron chi connectivity index (χ1n) is 8.80. The van der Waals surface area contributed by atoms with Crippen molar-refractivity contribution in [3.05, 3.63) is 42.7 Å². The van der Waals surface area contributed by atoms with Crippen LogP contribution in [-0.4, -0.2) is 50.2 Å². The fourth-order valence-electron chi connectivity index (χ4n) is 3.00. The normalized spacial score (nSPS) is 17.9. The first kappa shape index (κ1) is 21.0. The Morgan fingerprint density at radius 2 is 1.85 bits per heavy atom. The number of amides is 2. The molecule has 1 saturated heterocycles. The monoisotopic (exact) mass is 397 g/mol. The maximum atomic E-state index is 13.1. The van der Waals surface area contributed by atoms with Crippen molar-refractivity contribution in [2.75, 3.05) is 19.6 Å². The van der Waals surface area contributed by atoms with Crippen molar-refractivity contribution < 1.29 is 22.4 Å². The molecule has 1 heterocycles. The van der Waals surface area contributed by atoms with Gasteiger partial charge in [-0.3, -0.25) is 9.59 Å². The number of sulfonamides is 1. The number of nitrogens with one attached hydrogen (secondary N) is 2. The van der Waals surface area contributed by atoms with Gasteiger partial charge in [0, 0.05) is 25.7 Å². The minimum Gasteiger partial charge on any atom is -0.348 e. The van der Waals surface area contributed by atoms with Gasteiger partial charge in [-0.2, -0.15) is 4.31 Å². The van der Waals surface area contributed by atoms with Crippen LogP contribution in [0.2, 0.25) is 0 Å². The number of piperidine rings is 1. The second-order valence-corrected chi connectivity index (χ2v) is 8.15. The maximum absolute atomic E-state index is 13.1. The van der Waals surface area contributed by atoms with Gasteiger partial charge in [0.25, 0.3) is 0 Å². The molecule has 1 fully saturated rings. The van der Waals surface area contributed by atoms with Gasteiger partial charge in [0.2, 0.25) is 10.0 Å². The molecule has 0 aliphatic carbocycles. The van der Waals surface area contributed by atoms with Gasteiger partial charge in [-0.15, -0.1) is 6.58 Å². The number of hydrogen-bond acceptors (Lipinski definition) is 4. The molecule has 1 aromatic rings. The minimum atomic E-state index is -3.74. The average molecular weight is 397 g/mol. The van der Waals surface area contributed by atoms with E-state index in [-0.39, 0.29) is 24.0 Å². The standard InChI is InChI=1S/C18H24FN3O4S/c1-2-11-20-17(23)18(24)21-12-10-15-5-3-4-13-22(15)27(25,26)16-8-6-14(19)7-9-16/h2,6-9,15H,1,3-5,10-13H2,(H,20,23)(H,21,24)/t15-/m0/s1. The number of carbonyl (C=O) groups is 2. The predicted molar refractivity (Wildman–Crippen MR) is 98.8 cm³/mol. The van der Waals surface area contributed by atoms with Crippen molar-refractivity contribution in [1.29, 1.82) is 0 Å². The van der Waals surface area contributed by atoms with Crippen LogP contribution in [0.5, 0.6) is 0 Å². The third-order valence-electron chi connectivity index (χ3n) is 4.37. The minimum absolute atomic E-state index is 0.0450. The lowest BCUT2D eigenvalue weighted by Gasteiger charge is -2.34. The molecule has 1 aliphatic rings. The Morgan fingerprint density at radius 1 is 1.19 bits per heavy atom. The second-order valence-electron chi connectivity index (χ2n) is 6.26. The molecular formula is C18H24FN3O4S. The van der Waals surface area contributed by atoms with Crippen molar-refractivity contribution in [3.8, 4) is 0 Å². The summed E-state index contributed by atoms with van der Waals surface area (Å²) in [6, 6.07) is 4.46. The summed E-state index contributed by atoms with van der Waals surface area (Å²) in [6.45, 7) is 4.19. The molecule has 1 aliphatic heterocycles. The van der Waals surface area contributed by atoms with Crippen LogP contribution in [0.15, 0.2) is 41.8 Å². The average Bonchev–Trinajstić information content (AvgIpc) is 2.66. The molecule has 27 heavy (non-hydrogen) atoms. The van der Waals surface area contributed by atoms with Crippen molar-refractivity contribution in [3.63, 3.8) is 0 Å². The predicted octanol–water partition coefficient (Wildman–Crippen LogP) is 1.18. The smallest absolute Gasteiger partial charge is 0.309 e. The highest BCUT2D eigenvalue weighted by atomic mass is 32.2. The largest absolute Gasteiger partial charge is 0.348 e. The highest BCUT2D eigenvalue weighted by Crippen LogP contribution is 2.27. The molecular weight excluding hydrogens is 373 g/mol. The molecule has 2 N–H and O–H groups in total. The summed E-state index contributed by atoms with van der Waals surface area (Å²) < 4.78 is 40.3. The van der Waals surface area contributed by atoms with Crippen molar-refractivity contribution >= 4 is 21.8 Å². The molecule has 0 spiro atoms. The van der Waals surface area contributed by atoms with E-state index in [1.165, 1.54) is 22.5 Å². The topological polar surface area (TPSA) is 95.6 Å². The summed E-state index contributed by atoms with van der Waals surface area (Å²) in [4.78, 5) is 23.3. The summed E-state index contributed by atoms with van der Waals surface area (Å²) in [5.74, 6) is -2.02. The van der Waals surface area contributed by atoms with Crippen molar-refractivity contribution in [2.24, 2.45) is 0 Å². The van der Waals surface area contributed by atoms with Crippen LogP contribution in [-0.2, 0) is 19.6 Å². The van der Waals surface area contributed by atoms with Gasteiger partial charge < -0.3 is 10.6 Å². The Kier molecular flexibility index (Phi) is 7.49. The molecule has 0 bridgehead atoms. The molecule has 148 valence electrons. The third kappa shape index (κ3) is 5.61. The van der Waals surface area contributed by atoms with E-state index in [0.29, 0.717) is 19.4 Å². The van der Waals surface area contributed by atoms with Crippen molar-refractivity contribution in [1.82, 2.24) is 14.9 Å². The lowest BCUT2D eigenvalue weighted by Crippen LogP contribution is -2.46. The van der Waals surface area contributed by atoms with Crippen LogP contribution in [0.1, 0.15) is 25.7 Å². The summed E-state index contributed by atoms with van der Waals surface area (Å²) in [6.07, 6.45) is 4.15. The SMILES string of the molecule is C=CCNC(=O)C(=O)NCC[C@@H]1CCCCN1S(=O)(=O)c1ccc(F)cc1. The molecule has 1 atom stereocenters. The van der Waals surface area contributed by atoms with E-state index in [1.807, 2.05) is 0 Å². The number of nitrogens with zero attached hydrogens (tertiary/aromatic N) is 1. The fourth-order valence-corrected chi connectivity index (χ4v) is 4.72. The third-order valence-corrected chi connectivity index (χ3v) is 6.34. The van der Waals surface area contributed by atoms with E-state index < -0.39 is 27.7 Å². The van der Waals surface area contributed by atoms with E-state index in [0.717, 1.165) is 25.0 Å². The first-order chi connectivity index (χ1) is 12.9. The molecule has 0 unspecified atom stereocenters. The zero-order valence-corrected chi connectivity index (χ0v) is 15.8. The number of carbonyl (C=O) groups excluding carboxylic acids is 2. The Balaban J connectivity index is 1.98. The molecule has 0 aromatic heterocycles. The summed E-state index contributed by atoms with van der Waals surface area (Å²) in [5, 5.41) is 4.88. The van der Waals surface area contributed by atoms with Gasteiger partial charge in [-0.05, 0) is 43.5 Å². The van der Waals surface area contributed by atoms with Crippen LogP contribution < -0.4 is 10.6 Å².